The van der Waals surface area contributed by atoms with Gasteiger partial charge >= 0.3 is 22.6 Å². The van der Waals surface area contributed by atoms with Gasteiger partial charge in [0.15, 0.2) is 9.28 Å². The van der Waals surface area contributed by atoms with Gasteiger partial charge in [-0.15, -0.1) is 0 Å². The summed E-state index contributed by atoms with van der Waals surface area (Å²) in [5.74, 6) is 0. The van der Waals surface area contributed by atoms with Crippen LogP contribution in [0.3, 0.4) is 0 Å². The third-order valence-corrected chi connectivity index (χ3v) is 0.556. The molecule has 1 aliphatic carbocycles. The molecule has 0 amide bonds. The first kappa shape index (κ1) is 23.0. The molecule has 0 unspecified atom stereocenters. The third-order valence-electron chi connectivity index (χ3n) is 0.556. The number of hydrogen-bond donors (Lipinski definition) is 1. The van der Waals surface area contributed by atoms with Crippen molar-refractivity contribution in [3.05, 3.63) is 44.0 Å². The van der Waals surface area contributed by atoms with Gasteiger partial charge < -0.3 is 4.80 Å². The monoisotopic (exact) mass is 254 g/mol. The molecule has 0 aromatic rings. The van der Waals surface area contributed by atoms with E-state index in [2.05, 4.69) is 13.3 Å². The van der Waals surface area contributed by atoms with Gasteiger partial charge in [-0.05, 0) is 0 Å². The minimum atomic E-state index is -0.111. The van der Waals surface area contributed by atoms with Gasteiger partial charge in [0.25, 0.3) is 0 Å². The van der Waals surface area contributed by atoms with Gasteiger partial charge in [-0.2, -0.15) is 0 Å². The SMILES string of the molecule is O[SiH][SiH3].[C-]#[O+].[C-]#[O+].[CH]1C=CC=C1.[Fe]. The second-order valence-electron chi connectivity index (χ2n) is 1.22. The molecular weight excluding hydrogens is 244 g/mol. The Bertz CT molecular complexity index is 138. The van der Waals surface area contributed by atoms with E-state index < -0.39 is 0 Å². The Labute approximate surface area is 94.4 Å². The first-order chi connectivity index (χ1) is 5.91. The van der Waals surface area contributed by atoms with Gasteiger partial charge in [0, 0.05) is 33.2 Å². The maximum atomic E-state index is 7.71. The zero-order valence-electron chi connectivity index (χ0n) is 7.08. The summed E-state index contributed by atoms with van der Waals surface area (Å²) < 4.78 is 15.0. The summed E-state index contributed by atoms with van der Waals surface area (Å²) in [5.41, 5.74) is 0. The molecule has 0 heterocycles. The van der Waals surface area contributed by atoms with E-state index in [1.807, 2.05) is 30.7 Å². The topological polar surface area (TPSA) is 60.0 Å². The van der Waals surface area contributed by atoms with Crippen molar-refractivity contribution in [3.63, 3.8) is 0 Å². The van der Waals surface area contributed by atoms with Crippen LogP contribution in [0.1, 0.15) is 0 Å². The predicted molar refractivity (Wildman–Crippen MR) is 49.7 cm³/mol. The molecule has 1 N–H and O–H groups in total. The van der Waals surface area contributed by atoms with Crippen LogP contribution in [0.15, 0.2) is 24.3 Å². The summed E-state index contributed by atoms with van der Waals surface area (Å²) >= 11 is 0. The summed E-state index contributed by atoms with van der Waals surface area (Å²) in [6.07, 6.45) is 10.0. The summed E-state index contributed by atoms with van der Waals surface area (Å²) in [6, 6.07) is 0. The summed E-state index contributed by atoms with van der Waals surface area (Å²) in [7, 11) is 0.897. The molecule has 1 rings (SSSR count). The molecule has 0 fully saturated rings. The Balaban J connectivity index is -0.0000000453. The third kappa shape index (κ3) is 48.7. The van der Waals surface area contributed by atoms with E-state index in [-0.39, 0.29) is 26.3 Å². The van der Waals surface area contributed by atoms with Crippen LogP contribution in [0.2, 0.25) is 0 Å². The molecular formula is C7H10FeO3Si2. The molecule has 1 aliphatic rings. The largest absolute Gasteiger partial charge is 0.0767 e. The van der Waals surface area contributed by atoms with Crippen LogP contribution in [-0.2, 0) is 26.4 Å². The second kappa shape index (κ2) is 40.7. The molecule has 72 valence electrons. The zero-order chi connectivity index (χ0) is 10.2. The Morgan fingerprint density at radius 3 is 1.31 bits per heavy atom. The summed E-state index contributed by atoms with van der Waals surface area (Å²) in [4.78, 5) is 7.71. The van der Waals surface area contributed by atoms with Crippen LogP contribution in [0, 0.1) is 19.7 Å². The molecule has 6 heteroatoms. The Kier molecular flexibility index (Phi) is 72.2. The fraction of sp³-hybridized carbons (Fsp3) is 0. The van der Waals surface area contributed by atoms with E-state index in [1.54, 1.807) is 0 Å². The van der Waals surface area contributed by atoms with E-state index in [9.17, 15) is 0 Å². The van der Waals surface area contributed by atoms with Crippen molar-refractivity contribution in [1.29, 1.82) is 0 Å². The van der Waals surface area contributed by atoms with Crippen LogP contribution < -0.4 is 0 Å². The molecule has 0 aliphatic heterocycles. The standard InChI is InChI=1S/C5H5.2CO.Fe.H5OSi2/c1-2-4-5-3-1;2*1-2;;1-3-2/h1-5H;;;;1,3H,2H3. The molecule has 0 spiro atoms. The van der Waals surface area contributed by atoms with Gasteiger partial charge in [0.2, 0.25) is 0 Å². The molecule has 0 saturated carbocycles. The Hall–Kier alpha value is -0.127. The summed E-state index contributed by atoms with van der Waals surface area (Å²) in [5, 5.41) is 0. The van der Waals surface area contributed by atoms with Crippen molar-refractivity contribution in [2.24, 2.45) is 0 Å². The Morgan fingerprint density at radius 2 is 1.23 bits per heavy atom. The number of hydrogen-bond acceptors (Lipinski definition) is 1. The van der Waals surface area contributed by atoms with Gasteiger partial charge in [0.1, 0.15) is 0 Å². The minimum absolute atomic E-state index is 0. The van der Waals surface area contributed by atoms with E-state index in [4.69, 9.17) is 14.1 Å². The predicted octanol–water partition coefficient (Wildman–Crippen LogP) is -1.15. The van der Waals surface area contributed by atoms with Crippen molar-refractivity contribution in [1.82, 2.24) is 0 Å². The van der Waals surface area contributed by atoms with E-state index in [0.29, 0.717) is 0 Å². The van der Waals surface area contributed by atoms with Crippen molar-refractivity contribution in [3.8, 4) is 0 Å². The van der Waals surface area contributed by atoms with Crippen molar-refractivity contribution in [2.75, 3.05) is 0 Å². The van der Waals surface area contributed by atoms with Crippen molar-refractivity contribution < 1.29 is 31.2 Å². The smallest absolute Gasteiger partial charge is 0.00506 e. The molecule has 0 atom stereocenters. The van der Waals surface area contributed by atoms with Crippen LogP contribution >= 0.6 is 0 Å². The first-order valence-electron chi connectivity index (χ1n) is 2.91. The van der Waals surface area contributed by atoms with Crippen LogP contribution in [0.5, 0.6) is 0 Å². The maximum Gasteiger partial charge on any atom is 0.00506 e. The molecule has 0 saturated heterocycles. The van der Waals surface area contributed by atoms with E-state index in [1.165, 1.54) is 0 Å². The van der Waals surface area contributed by atoms with Crippen molar-refractivity contribution in [2.45, 2.75) is 0 Å². The maximum absolute atomic E-state index is 7.71. The molecule has 3 nitrogen and oxygen atoms in total. The normalized spacial score (nSPS) is 8.69. The van der Waals surface area contributed by atoms with Crippen molar-refractivity contribution >= 4 is 19.0 Å². The number of allylic oxidation sites excluding steroid dienone is 4. The van der Waals surface area contributed by atoms with Gasteiger partial charge in [-0.25, -0.2) is 0 Å². The number of rotatable bonds is 0. The average Bonchev–Trinajstić information content (AvgIpc) is 2.69. The summed E-state index contributed by atoms with van der Waals surface area (Å²) in [6.45, 7) is 9.00. The molecule has 0 aromatic heterocycles. The minimum Gasteiger partial charge on any atom is -0.0767 e. The van der Waals surface area contributed by atoms with Crippen LogP contribution in [0.4, 0.5) is 0 Å². The quantitative estimate of drug-likeness (QED) is 0.331. The molecule has 13 heavy (non-hydrogen) atoms. The van der Waals surface area contributed by atoms with E-state index in [0.717, 1.165) is 9.76 Å². The fourth-order valence-corrected chi connectivity index (χ4v) is 0.321. The average molecular weight is 254 g/mol. The fourth-order valence-electron chi connectivity index (χ4n) is 0.321. The molecule has 0 aromatic carbocycles. The van der Waals surface area contributed by atoms with Crippen LogP contribution in [-0.4, -0.2) is 23.8 Å². The van der Waals surface area contributed by atoms with Gasteiger partial charge in [-0.3, -0.25) is 0 Å². The molecule has 0 bridgehead atoms. The van der Waals surface area contributed by atoms with Crippen LogP contribution in [0.25, 0.3) is 0 Å². The Morgan fingerprint density at radius 1 is 1.00 bits per heavy atom. The first-order valence-corrected chi connectivity index (χ1v) is 8.05. The van der Waals surface area contributed by atoms with Gasteiger partial charge in [0.05, 0.1) is 0 Å². The molecule has 2 radical (unpaired) electrons. The van der Waals surface area contributed by atoms with Gasteiger partial charge in [-0.1, -0.05) is 24.3 Å². The van der Waals surface area contributed by atoms with E-state index >= 15 is 0 Å². The second-order valence-corrected chi connectivity index (χ2v) is 3.29. The zero-order valence-corrected chi connectivity index (χ0v) is 11.3.